The molecule has 3 heterocycles. The zero-order chi connectivity index (χ0) is 29.5. The second kappa shape index (κ2) is 10.9. The van der Waals surface area contributed by atoms with E-state index in [0.29, 0.717) is 11.6 Å². The number of hydrogen-bond acceptors (Lipinski definition) is 9. The molecule has 1 aliphatic rings. The minimum absolute atomic E-state index is 0.0331. The molecule has 2 aromatic carbocycles. The predicted octanol–water partition coefficient (Wildman–Crippen LogP) is 5.01. The van der Waals surface area contributed by atoms with Gasteiger partial charge < -0.3 is 4.74 Å². The molecule has 1 aliphatic heterocycles. The Morgan fingerprint density at radius 1 is 1.10 bits per heavy atom. The van der Waals surface area contributed by atoms with Crippen LogP contribution in [0.4, 0.5) is 5.69 Å². The summed E-state index contributed by atoms with van der Waals surface area (Å²) in [6, 6.07) is 14.3. The Morgan fingerprint density at radius 3 is 2.44 bits per heavy atom. The summed E-state index contributed by atoms with van der Waals surface area (Å²) >= 11 is 1.64. The van der Waals surface area contributed by atoms with Gasteiger partial charge in [0.05, 0.1) is 36.2 Å². The van der Waals surface area contributed by atoms with Gasteiger partial charge in [0.15, 0.2) is 5.82 Å². The van der Waals surface area contributed by atoms with E-state index in [2.05, 4.69) is 34.8 Å². The highest BCUT2D eigenvalue weighted by molar-refractivity contribution is 7.92. The van der Waals surface area contributed by atoms with E-state index in [4.69, 9.17) is 9.73 Å². The number of esters is 1. The molecule has 12 heteroatoms. The molecule has 1 atom stereocenters. The smallest absolute Gasteiger partial charge is 0.308 e. The van der Waals surface area contributed by atoms with Crippen molar-refractivity contribution in [1.82, 2.24) is 14.8 Å². The first kappa shape index (κ1) is 28.2. The molecule has 0 fully saturated rings. The molecular formula is C29H28N6O4S2. The third-order valence-electron chi connectivity index (χ3n) is 6.83. The number of aryl methyl sites for hydroxylation is 2. The Kier molecular flexibility index (Phi) is 7.50. The van der Waals surface area contributed by atoms with Gasteiger partial charge in [-0.1, -0.05) is 30.3 Å². The minimum atomic E-state index is -3.52. The molecule has 10 nitrogen and oxygen atoms in total. The molecule has 4 aromatic rings. The Morgan fingerprint density at radius 2 is 1.78 bits per heavy atom. The molecule has 5 rings (SSSR count). The fourth-order valence-electron chi connectivity index (χ4n) is 4.83. The third kappa shape index (κ3) is 5.51. The zero-order valence-corrected chi connectivity index (χ0v) is 24.9. The number of aromatic nitrogens is 3. The topological polar surface area (TPSA) is 139 Å². The van der Waals surface area contributed by atoms with E-state index in [0.717, 1.165) is 49.7 Å². The minimum Gasteiger partial charge on any atom is -0.466 e. The van der Waals surface area contributed by atoms with Crippen molar-refractivity contribution < 1.29 is 17.9 Å². The summed E-state index contributed by atoms with van der Waals surface area (Å²) in [5.41, 5.74) is 5.73. The number of benzene rings is 2. The molecule has 0 saturated heterocycles. The molecule has 0 saturated carbocycles. The molecular weight excluding hydrogens is 560 g/mol. The van der Waals surface area contributed by atoms with Gasteiger partial charge in [0.1, 0.15) is 22.9 Å². The first-order chi connectivity index (χ1) is 19.5. The van der Waals surface area contributed by atoms with Crippen LogP contribution >= 0.6 is 11.3 Å². The van der Waals surface area contributed by atoms with Gasteiger partial charge in [-0.15, -0.1) is 21.5 Å². The number of thiophene rings is 1. The number of hydrogen-bond donors (Lipinski definition) is 1. The number of carbonyl (C=O) groups excluding carboxylic acids is 1. The second-order valence-corrected chi connectivity index (χ2v) is 12.7. The molecule has 0 unspecified atom stereocenters. The summed E-state index contributed by atoms with van der Waals surface area (Å²) in [7, 11) is -3.52. The van der Waals surface area contributed by atoms with Crippen LogP contribution in [0.5, 0.6) is 0 Å². The Labute approximate surface area is 242 Å². The second-order valence-electron chi connectivity index (χ2n) is 9.73. The van der Waals surface area contributed by atoms with E-state index in [1.807, 2.05) is 35.8 Å². The van der Waals surface area contributed by atoms with Crippen molar-refractivity contribution >= 4 is 38.7 Å². The van der Waals surface area contributed by atoms with Gasteiger partial charge in [0, 0.05) is 16.0 Å². The van der Waals surface area contributed by atoms with Gasteiger partial charge in [-0.25, -0.2) is 8.42 Å². The maximum absolute atomic E-state index is 12.6. The van der Waals surface area contributed by atoms with E-state index in [1.54, 1.807) is 36.5 Å². The number of fused-ring (bicyclic) bond motifs is 3. The van der Waals surface area contributed by atoms with Crippen LogP contribution in [0, 0.1) is 32.1 Å². The third-order valence-corrected chi connectivity index (χ3v) is 8.61. The number of anilines is 1. The summed E-state index contributed by atoms with van der Waals surface area (Å²) in [6.45, 7) is 8.07. The van der Waals surface area contributed by atoms with Gasteiger partial charge in [0.25, 0.3) is 0 Å². The summed E-state index contributed by atoms with van der Waals surface area (Å²) in [4.78, 5) is 18.8. The van der Waals surface area contributed by atoms with Gasteiger partial charge in [-0.3, -0.25) is 19.1 Å². The van der Waals surface area contributed by atoms with Crippen LogP contribution in [0.3, 0.4) is 0 Å². The fourth-order valence-corrected chi connectivity index (χ4v) is 6.62. The normalized spacial score (nSPS) is 14.3. The molecule has 41 heavy (non-hydrogen) atoms. The highest BCUT2D eigenvalue weighted by Gasteiger charge is 2.32. The summed E-state index contributed by atoms with van der Waals surface area (Å²) in [6.07, 6.45) is 1.08. The predicted molar refractivity (Wildman–Crippen MR) is 158 cm³/mol. The van der Waals surface area contributed by atoms with Crippen LogP contribution in [0.25, 0.3) is 16.1 Å². The average Bonchev–Trinajstić information content (AvgIpc) is 3.40. The number of nitrogens with one attached hydrogen (secondary N) is 1. The number of nitriles is 1. The molecule has 0 radical (unpaired) electrons. The van der Waals surface area contributed by atoms with E-state index in [1.165, 1.54) is 0 Å². The number of carbonyl (C=O) groups is 1. The lowest BCUT2D eigenvalue weighted by Crippen LogP contribution is -2.13. The Balaban J connectivity index is 1.59. The SMILES string of the molecule is CCOC(=O)C[C@@H]1N=C(c2ccc(-c3ccc(NS(C)(=O)=O)c(C#N)c3)cc2)c2c(sc(C)c2C)-n2c(C)nnc21. The molecule has 2 aromatic heterocycles. The van der Waals surface area contributed by atoms with Gasteiger partial charge in [0.2, 0.25) is 10.0 Å². The zero-order valence-electron chi connectivity index (χ0n) is 23.2. The Hall–Kier alpha value is -4.34. The van der Waals surface area contributed by atoms with Crippen molar-refractivity contribution in [2.45, 2.75) is 40.2 Å². The maximum Gasteiger partial charge on any atom is 0.308 e. The summed E-state index contributed by atoms with van der Waals surface area (Å²) in [5, 5.41) is 19.3. The van der Waals surface area contributed by atoms with Crippen molar-refractivity contribution in [3.8, 4) is 22.2 Å². The van der Waals surface area contributed by atoms with Crippen molar-refractivity contribution in [3.05, 3.63) is 81.2 Å². The molecule has 0 spiro atoms. The van der Waals surface area contributed by atoms with E-state index in [9.17, 15) is 18.5 Å². The van der Waals surface area contributed by atoms with Crippen LogP contribution in [0.1, 0.15) is 58.2 Å². The number of ether oxygens (including phenoxy) is 1. The molecule has 0 amide bonds. The highest BCUT2D eigenvalue weighted by Crippen LogP contribution is 2.40. The summed E-state index contributed by atoms with van der Waals surface area (Å²) < 4.78 is 33.0. The van der Waals surface area contributed by atoms with Gasteiger partial charge in [-0.2, -0.15) is 5.26 Å². The molecule has 210 valence electrons. The maximum atomic E-state index is 12.6. The van der Waals surface area contributed by atoms with Crippen LogP contribution in [-0.2, 0) is 19.6 Å². The van der Waals surface area contributed by atoms with Gasteiger partial charge >= 0.3 is 5.97 Å². The summed E-state index contributed by atoms with van der Waals surface area (Å²) in [5.74, 6) is 0.949. The molecule has 1 N–H and O–H groups in total. The fraction of sp³-hybridized carbons (Fsp3) is 0.276. The average molecular weight is 589 g/mol. The van der Waals surface area contributed by atoms with Crippen LogP contribution < -0.4 is 4.72 Å². The molecule has 0 aliphatic carbocycles. The number of aliphatic imine (C=N–C) groups is 1. The number of sulfonamides is 1. The van der Waals surface area contributed by atoms with Crippen molar-refractivity contribution in [1.29, 1.82) is 5.26 Å². The monoisotopic (exact) mass is 588 g/mol. The molecule has 0 bridgehead atoms. The number of nitrogens with zero attached hydrogens (tertiary/aromatic N) is 5. The lowest BCUT2D eigenvalue weighted by Gasteiger charge is -2.13. The van der Waals surface area contributed by atoms with Gasteiger partial charge in [-0.05, 0) is 56.5 Å². The first-order valence-corrected chi connectivity index (χ1v) is 15.6. The van der Waals surface area contributed by atoms with Crippen molar-refractivity contribution in [2.24, 2.45) is 4.99 Å². The standard InChI is InChI=1S/C29H28N6O4S2/c1-6-39-25(36)14-24-28-33-32-18(4)35(28)29-26(16(2)17(3)40-29)27(31-24)20-9-7-19(8-10-20)21-11-12-23(22(13-21)15-30)34-41(5,37)38/h7-13,24,34H,6,14H2,1-5H3/t24-/m0/s1. The van der Waals surface area contributed by atoms with Crippen LogP contribution in [0.2, 0.25) is 0 Å². The van der Waals surface area contributed by atoms with Crippen LogP contribution in [-0.4, -0.2) is 47.7 Å². The quantitative estimate of drug-likeness (QED) is 0.299. The number of rotatable bonds is 7. The Bertz CT molecular complexity index is 1850. The lowest BCUT2D eigenvalue weighted by molar-refractivity contribution is -0.143. The highest BCUT2D eigenvalue weighted by atomic mass is 32.2. The van der Waals surface area contributed by atoms with Crippen LogP contribution in [0.15, 0.2) is 47.5 Å². The first-order valence-electron chi connectivity index (χ1n) is 12.9. The van der Waals surface area contributed by atoms with Crippen molar-refractivity contribution in [2.75, 3.05) is 17.6 Å². The lowest BCUT2D eigenvalue weighted by atomic mass is 9.96. The van der Waals surface area contributed by atoms with E-state index < -0.39 is 16.1 Å². The van der Waals surface area contributed by atoms with E-state index >= 15 is 0 Å². The van der Waals surface area contributed by atoms with Crippen molar-refractivity contribution in [3.63, 3.8) is 0 Å². The largest absolute Gasteiger partial charge is 0.466 e. The van der Waals surface area contributed by atoms with E-state index in [-0.39, 0.29) is 30.2 Å².